The fourth-order valence-electron chi connectivity index (χ4n) is 2.38. The summed E-state index contributed by atoms with van der Waals surface area (Å²) in [4.78, 5) is 12.5. The SMILES string of the molecule is CCOc1ccc(C(=O)Oc2ccc(Br)c3ccccc23)cc1Br. The number of halogens is 2. The Bertz CT molecular complexity index is 906. The number of fused-ring (bicyclic) bond motifs is 1. The Morgan fingerprint density at radius 1 is 0.917 bits per heavy atom. The van der Waals surface area contributed by atoms with Gasteiger partial charge in [-0.25, -0.2) is 4.79 Å². The van der Waals surface area contributed by atoms with Crippen LogP contribution < -0.4 is 9.47 Å². The summed E-state index contributed by atoms with van der Waals surface area (Å²) in [5.41, 5.74) is 0.456. The molecule has 0 radical (unpaired) electrons. The molecule has 0 saturated heterocycles. The monoisotopic (exact) mass is 448 g/mol. The summed E-state index contributed by atoms with van der Waals surface area (Å²) in [7, 11) is 0. The second-order valence-corrected chi connectivity index (χ2v) is 6.77. The molecule has 0 saturated carbocycles. The number of ether oxygens (including phenoxy) is 2. The molecule has 0 spiro atoms. The molecule has 5 heteroatoms. The van der Waals surface area contributed by atoms with Gasteiger partial charge >= 0.3 is 5.97 Å². The van der Waals surface area contributed by atoms with Crippen molar-refractivity contribution in [3.8, 4) is 11.5 Å². The van der Waals surface area contributed by atoms with Crippen LogP contribution in [0.25, 0.3) is 10.8 Å². The summed E-state index contributed by atoms with van der Waals surface area (Å²) < 4.78 is 12.7. The molecule has 24 heavy (non-hydrogen) atoms. The minimum atomic E-state index is -0.411. The average Bonchev–Trinajstić information content (AvgIpc) is 2.59. The van der Waals surface area contributed by atoms with E-state index in [0.717, 1.165) is 19.7 Å². The third kappa shape index (κ3) is 3.47. The zero-order valence-electron chi connectivity index (χ0n) is 12.9. The molecule has 3 nitrogen and oxygen atoms in total. The minimum Gasteiger partial charge on any atom is -0.493 e. The molecule has 0 N–H and O–H groups in total. The Morgan fingerprint density at radius 2 is 1.62 bits per heavy atom. The van der Waals surface area contributed by atoms with Crippen LogP contribution in [0.5, 0.6) is 11.5 Å². The zero-order chi connectivity index (χ0) is 17.1. The van der Waals surface area contributed by atoms with Crippen molar-refractivity contribution >= 4 is 48.6 Å². The van der Waals surface area contributed by atoms with E-state index >= 15 is 0 Å². The highest BCUT2D eigenvalue weighted by atomic mass is 79.9. The molecule has 0 aromatic heterocycles. The Labute approximate surface area is 156 Å². The van der Waals surface area contributed by atoms with Crippen LogP contribution in [-0.4, -0.2) is 12.6 Å². The highest BCUT2D eigenvalue weighted by molar-refractivity contribution is 9.11. The smallest absolute Gasteiger partial charge is 0.343 e. The summed E-state index contributed by atoms with van der Waals surface area (Å²) in [5, 5.41) is 1.88. The molecule has 0 bridgehead atoms. The van der Waals surface area contributed by atoms with Crippen LogP contribution in [0.1, 0.15) is 17.3 Å². The van der Waals surface area contributed by atoms with Crippen LogP contribution in [0.15, 0.2) is 63.5 Å². The van der Waals surface area contributed by atoms with E-state index in [2.05, 4.69) is 31.9 Å². The second-order valence-electron chi connectivity index (χ2n) is 5.06. The number of esters is 1. The summed E-state index contributed by atoms with van der Waals surface area (Å²) in [6, 6.07) is 16.6. The molecule has 0 aliphatic rings. The van der Waals surface area contributed by atoms with Gasteiger partial charge in [0.2, 0.25) is 0 Å². The van der Waals surface area contributed by atoms with E-state index in [1.807, 2.05) is 37.3 Å². The van der Waals surface area contributed by atoms with Crippen LogP contribution in [0.3, 0.4) is 0 Å². The lowest BCUT2D eigenvalue weighted by molar-refractivity contribution is 0.0737. The van der Waals surface area contributed by atoms with Crippen molar-refractivity contribution in [2.75, 3.05) is 6.61 Å². The van der Waals surface area contributed by atoms with E-state index in [-0.39, 0.29) is 0 Å². The quantitative estimate of drug-likeness (QED) is 0.363. The fourth-order valence-corrected chi connectivity index (χ4v) is 3.35. The third-order valence-electron chi connectivity index (χ3n) is 3.50. The van der Waals surface area contributed by atoms with E-state index in [4.69, 9.17) is 9.47 Å². The molecule has 3 aromatic carbocycles. The molecule has 0 atom stereocenters. The van der Waals surface area contributed by atoms with Crippen molar-refractivity contribution in [3.05, 3.63) is 69.1 Å². The van der Waals surface area contributed by atoms with Crippen LogP contribution in [0.4, 0.5) is 0 Å². The van der Waals surface area contributed by atoms with Gasteiger partial charge in [-0.1, -0.05) is 40.2 Å². The molecule has 3 aromatic rings. The van der Waals surface area contributed by atoms with Gasteiger partial charge < -0.3 is 9.47 Å². The summed E-state index contributed by atoms with van der Waals surface area (Å²) in [6.45, 7) is 2.47. The van der Waals surface area contributed by atoms with Gasteiger partial charge in [0.1, 0.15) is 11.5 Å². The predicted molar refractivity (Wildman–Crippen MR) is 102 cm³/mol. The van der Waals surface area contributed by atoms with Crippen molar-refractivity contribution in [1.29, 1.82) is 0 Å². The standard InChI is InChI=1S/C19H14Br2O3/c1-2-23-18-9-7-12(11-16(18)21)19(22)24-17-10-8-15(20)13-5-3-4-6-14(13)17/h3-11H,2H2,1H3. The van der Waals surface area contributed by atoms with E-state index in [1.165, 1.54) is 0 Å². The lowest BCUT2D eigenvalue weighted by Crippen LogP contribution is -2.09. The maximum atomic E-state index is 12.5. The molecule has 3 rings (SSSR count). The molecule has 0 aliphatic carbocycles. The topological polar surface area (TPSA) is 35.5 Å². The Balaban J connectivity index is 1.90. The Hall–Kier alpha value is -1.85. The first-order valence-corrected chi connectivity index (χ1v) is 9.00. The highest BCUT2D eigenvalue weighted by Gasteiger charge is 2.14. The van der Waals surface area contributed by atoms with Gasteiger partial charge in [0.05, 0.1) is 16.6 Å². The molecule has 0 heterocycles. The summed E-state index contributed by atoms with van der Waals surface area (Å²) in [6.07, 6.45) is 0. The van der Waals surface area contributed by atoms with Crippen molar-refractivity contribution in [1.82, 2.24) is 0 Å². The summed E-state index contributed by atoms with van der Waals surface area (Å²) >= 11 is 6.93. The average molecular weight is 450 g/mol. The predicted octanol–water partition coefficient (Wildman–Crippen LogP) is 5.98. The van der Waals surface area contributed by atoms with E-state index in [0.29, 0.717) is 23.7 Å². The van der Waals surface area contributed by atoms with Gasteiger partial charge in [0, 0.05) is 9.86 Å². The van der Waals surface area contributed by atoms with Crippen molar-refractivity contribution in [2.45, 2.75) is 6.92 Å². The number of rotatable bonds is 4. The third-order valence-corrected chi connectivity index (χ3v) is 4.81. The maximum absolute atomic E-state index is 12.5. The van der Waals surface area contributed by atoms with Crippen molar-refractivity contribution < 1.29 is 14.3 Å². The molecule has 122 valence electrons. The van der Waals surface area contributed by atoms with Crippen LogP contribution in [-0.2, 0) is 0 Å². The molecule has 0 unspecified atom stereocenters. The zero-order valence-corrected chi connectivity index (χ0v) is 16.1. The highest BCUT2D eigenvalue weighted by Crippen LogP contribution is 2.32. The Kier molecular flexibility index (Phi) is 5.21. The number of carbonyl (C=O) groups excluding carboxylic acids is 1. The first-order valence-electron chi connectivity index (χ1n) is 7.42. The maximum Gasteiger partial charge on any atom is 0.343 e. The molecule has 0 amide bonds. The van der Waals surface area contributed by atoms with Crippen LogP contribution in [0, 0.1) is 0 Å². The van der Waals surface area contributed by atoms with Crippen molar-refractivity contribution in [3.63, 3.8) is 0 Å². The van der Waals surface area contributed by atoms with Gasteiger partial charge in [-0.15, -0.1) is 0 Å². The lowest BCUT2D eigenvalue weighted by atomic mass is 10.1. The molecular formula is C19H14Br2O3. The normalized spacial score (nSPS) is 10.6. The summed E-state index contributed by atoms with van der Waals surface area (Å²) in [5.74, 6) is 0.818. The van der Waals surface area contributed by atoms with Crippen LogP contribution >= 0.6 is 31.9 Å². The number of benzene rings is 3. The first kappa shape index (κ1) is 17.0. The fraction of sp³-hybridized carbons (Fsp3) is 0.105. The van der Waals surface area contributed by atoms with E-state index < -0.39 is 5.97 Å². The number of hydrogen-bond donors (Lipinski definition) is 0. The minimum absolute atomic E-state index is 0.411. The van der Waals surface area contributed by atoms with Gasteiger partial charge in [-0.3, -0.25) is 0 Å². The van der Waals surface area contributed by atoms with E-state index in [1.54, 1.807) is 24.3 Å². The lowest BCUT2D eigenvalue weighted by Gasteiger charge is -2.10. The van der Waals surface area contributed by atoms with Gasteiger partial charge in [0.25, 0.3) is 0 Å². The second kappa shape index (κ2) is 7.36. The van der Waals surface area contributed by atoms with E-state index in [9.17, 15) is 4.79 Å². The molecule has 0 fully saturated rings. The Morgan fingerprint density at radius 3 is 2.33 bits per heavy atom. The van der Waals surface area contributed by atoms with Gasteiger partial charge in [0.15, 0.2) is 0 Å². The number of carbonyl (C=O) groups is 1. The molecule has 0 aliphatic heterocycles. The van der Waals surface area contributed by atoms with Crippen molar-refractivity contribution in [2.24, 2.45) is 0 Å². The van der Waals surface area contributed by atoms with Gasteiger partial charge in [-0.05, 0) is 58.6 Å². The van der Waals surface area contributed by atoms with Gasteiger partial charge in [-0.2, -0.15) is 0 Å². The number of hydrogen-bond acceptors (Lipinski definition) is 3. The van der Waals surface area contributed by atoms with Crippen LogP contribution in [0.2, 0.25) is 0 Å². The first-order chi connectivity index (χ1) is 11.6. The molecular weight excluding hydrogens is 436 g/mol. The largest absolute Gasteiger partial charge is 0.493 e.